The Balaban J connectivity index is 1.16. The van der Waals surface area contributed by atoms with Crippen molar-refractivity contribution in [2.45, 2.75) is 128 Å². The maximum atomic E-state index is 11.5. The van der Waals surface area contributed by atoms with Gasteiger partial charge >= 0.3 is 0 Å². The molecule has 0 aromatic heterocycles. The summed E-state index contributed by atoms with van der Waals surface area (Å²) < 4.78 is 11.8. The van der Waals surface area contributed by atoms with Crippen LogP contribution in [0.5, 0.6) is 0 Å². The third-order valence-corrected chi connectivity index (χ3v) is 12.9. The van der Waals surface area contributed by atoms with Gasteiger partial charge in [-0.2, -0.15) is 0 Å². The van der Waals surface area contributed by atoms with Crippen molar-refractivity contribution in [1.29, 1.82) is 0 Å². The molecule has 6 rings (SSSR count). The lowest BCUT2D eigenvalue weighted by Crippen LogP contribution is -2.60. The molecule has 8 heteroatoms. The molecular formula is C33H53NO7. The fourth-order valence-corrected chi connectivity index (χ4v) is 10.5. The molecule has 6 aliphatic rings. The lowest BCUT2D eigenvalue weighted by Gasteiger charge is -2.58. The Labute approximate surface area is 245 Å². The van der Waals surface area contributed by atoms with E-state index in [1.807, 2.05) is 0 Å². The predicted molar refractivity (Wildman–Crippen MR) is 155 cm³/mol. The molecule has 0 aromatic carbocycles. The second-order valence-electron chi connectivity index (χ2n) is 15.1. The normalized spacial score (nSPS) is 52.5. The van der Waals surface area contributed by atoms with Crippen molar-refractivity contribution in [3.05, 3.63) is 11.6 Å². The number of hydrogen-bond acceptors (Lipinski definition) is 8. The Morgan fingerprint density at radius 1 is 1.05 bits per heavy atom. The first kappa shape index (κ1) is 30.2. The summed E-state index contributed by atoms with van der Waals surface area (Å²) in [6.07, 6.45) is 4.97. The van der Waals surface area contributed by atoms with E-state index >= 15 is 0 Å². The minimum Gasteiger partial charge on any atom is -0.394 e. The van der Waals surface area contributed by atoms with Crippen molar-refractivity contribution in [3.8, 4) is 0 Å². The van der Waals surface area contributed by atoms with Gasteiger partial charge < -0.3 is 35.0 Å². The molecular weight excluding hydrogens is 522 g/mol. The van der Waals surface area contributed by atoms with Crippen LogP contribution in [0.3, 0.4) is 0 Å². The highest BCUT2D eigenvalue weighted by molar-refractivity contribution is 5.87. The summed E-state index contributed by atoms with van der Waals surface area (Å²) in [5, 5.41) is 51.9. The van der Waals surface area contributed by atoms with Crippen LogP contribution < -0.4 is 0 Å². The standard InChI is InChI=1S/C33H53NO7/c1-17-5-8-24(34-15-17)18(2)27-25(36)14-23-21-7-6-19-13-20(9-11-32(19,3)22(21)10-12-33(23,27)4)40-31-30(39)29(38)28(37)26(16-35)41-31/h6,17-18,20-23,25-31,35-39H,5,7-16H2,1-4H3/t17-,18+,20-,21+,22-,23-,25+,26+,27-,28+,29-,30+,31+,32-,33-/m0/s1. The molecule has 2 heterocycles. The second kappa shape index (κ2) is 11.2. The van der Waals surface area contributed by atoms with Crippen molar-refractivity contribution < 1.29 is 35.0 Å². The number of aliphatic hydroxyl groups is 5. The number of nitrogens with zero attached hydrogens (tertiary/aromatic N) is 1. The van der Waals surface area contributed by atoms with Crippen molar-refractivity contribution >= 4 is 5.71 Å². The van der Waals surface area contributed by atoms with Gasteiger partial charge in [-0.05, 0) is 104 Å². The quantitative estimate of drug-likeness (QED) is 0.318. The Morgan fingerprint density at radius 3 is 2.54 bits per heavy atom. The molecule has 5 N–H and O–H groups in total. The number of rotatable bonds is 5. The van der Waals surface area contributed by atoms with E-state index in [1.165, 1.54) is 24.1 Å². The molecule has 4 fully saturated rings. The van der Waals surface area contributed by atoms with Gasteiger partial charge in [0.1, 0.15) is 24.4 Å². The van der Waals surface area contributed by atoms with E-state index in [-0.39, 0.29) is 29.0 Å². The van der Waals surface area contributed by atoms with Crippen LogP contribution in [0.1, 0.15) is 85.5 Å². The van der Waals surface area contributed by atoms with Crippen molar-refractivity contribution in [2.75, 3.05) is 13.2 Å². The molecule has 232 valence electrons. The molecule has 0 spiro atoms. The van der Waals surface area contributed by atoms with Crippen molar-refractivity contribution in [3.63, 3.8) is 0 Å². The summed E-state index contributed by atoms with van der Waals surface area (Å²) in [5.41, 5.74) is 3.00. The first-order valence-corrected chi connectivity index (χ1v) is 16.3. The zero-order valence-electron chi connectivity index (χ0n) is 25.4. The molecule has 0 aromatic rings. The number of aliphatic hydroxyl groups excluding tert-OH is 5. The van der Waals surface area contributed by atoms with E-state index in [1.54, 1.807) is 0 Å². The maximum absolute atomic E-state index is 11.5. The highest BCUT2D eigenvalue weighted by Crippen LogP contribution is 2.67. The molecule has 1 saturated heterocycles. The largest absolute Gasteiger partial charge is 0.394 e. The van der Waals surface area contributed by atoms with Crippen LogP contribution in [0.4, 0.5) is 0 Å². The number of fused-ring (bicyclic) bond motifs is 5. The number of hydrogen-bond donors (Lipinski definition) is 5. The summed E-state index contributed by atoms with van der Waals surface area (Å²) in [6, 6.07) is 0. The Hall–Kier alpha value is -0.870. The number of ether oxygens (including phenoxy) is 2. The molecule has 0 radical (unpaired) electrons. The Kier molecular flexibility index (Phi) is 8.27. The molecule has 8 nitrogen and oxygen atoms in total. The number of allylic oxidation sites excluding steroid dienone is 1. The molecule has 0 amide bonds. The van der Waals surface area contributed by atoms with Gasteiger partial charge in [-0.25, -0.2) is 0 Å². The van der Waals surface area contributed by atoms with E-state index in [4.69, 9.17) is 14.5 Å². The van der Waals surface area contributed by atoms with Gasteiger partial charge in [0.2, 0.25) is 0 Å². The van der Waals surface area contributed by atoms with Gasteiger partial charge in [-0.3, -0.25) is 4.99 Å². The molecule has 0 bridgehead atoms. The molecule has 15 atom stereocenters. The van der Waals surface area contributed by atoms with E-state index in [2.05, 4.69) is 33.8 Å². The average Bonchev–Trinajstić information content (AvgIpc) is 3.23. The van der Waals surface area contributed by atoms with Crippen LogP contribution in [-0.4, -0.2) is 87.3 Å². The number of aliphatic imine (C=N–C) groups is 1. The van der Waals surface area contributed by atoms with E-state index in [0.717, 1.165) is 51.5 Å². The first-order valence-electron chi connectivity index (χ1n) is 16.3. The summed E-state index contributed by atoms with van der Waals surface area (Å²) in [4.78, 5) is 5.00. The van der Waals surface area contributed by atoms with E-state index < -0.39 is 37.3 Å². The van der Waals surface area contributed by atoms with E-state index in [0.29, 0.717) is 29.6 Å². The summed E-state index contributed by atoms with van der Waals surface area (Å²) in [5.74, 6) is 2.96. The smallest absolute Gasteiger partial charge is 0.186 e. The van der Waals surface area contributed by atoms with Crippen LogP contribution in [0.2, 0.25) is 0 Å². The van der Waals surface area contributed by atoms with E-state index in [9.17, 15) is 25.5 Å². The molecule has 3 saturated carbocycles. The summed E-state index contributed by atoms with van der Waals surface area (Å²) in [7, 11) is 0. The highest BCUT2D eigenvalue weighted by Gasteiger charge is 2.62. The van der Waals surface area contributed by atoms with Gasteiger partial charge in [0, 0.05) is 12.3 Å². The fraction of sp³-hybridized carbons (Fsp3) is 0.909. The maximum Gasteiger partial charge on any atom is 0.186 e. The van der Waals surface area contributed by atoms with Gasteiger partial charge in [-0.15, -0.1) is 0 Å². The summed E-state index contributed by atoms with van der Waals surface area (Å²) >= 11 is 0. The van der Waals surface area contributed by atoms with Crippen molar-refractivity contribution in [1.82, 2.24) is 0 Å². The summed E-state index contributed by atoms with van der Waals surface area (Å²) in [6.45, 7) is 10.0. The highest BCUT2D eigenvalue weighted by atomic mass is 16.7. The van der Waals surface area contributed by atoms with Crippen LogP contribution >= 0.6 is 0 Å². The van der Waals surface area contributed by atoms with Gasteiger partial charge in [-0.1, -0.05) is 39.3 Å². The van der Waals surface area contributed by atoms with Gasteiger partial charge in [0.25, 0.3) is 0 Å². The average molecular weight is 576 g/mol. The topological polar surface area (TPSA) is 132 Å². The molecule has 41 heavy (non-hydrogen) atoms. The van der Waals surface area contributed by atoms with Crippen molar-refractivity contribution in [2.24, 2.45) is 51.3 Å². The fourth-order valence-electron chi connectivity index (χ4n) is 10.5. The lowest BCUT2D eigenvalue weighted by molar-refractivity contribution is -0.313. The monoisotopic (exact) mass is 575 g/mol. The second-order valence-corrected chi connectivity index (χ2v) is 15.1. The Morgan fingerprint density at radius 2 is 1.83 bits per heavy atom. The molecule has 0 unspecified atom stereocenters. The molecule has 2 aliphatic heterocycles. The van der Waals surface area contributed by atoms with Crippen LogP contribution in [-0.2, 0) is 9.47 Å². The lowest BCUT2D eigenvalue weighted by atomic mass is 9.47. The van der Waals surface area contributed by atoms with Crippen LogP contribution in [0.25, 0.3) is 0 Å². The van der Waals surface area contributed by atoms with Crippen LogP contribution in [0, 0.1) is 46.3 Å². The Bertz CT molecular complexity index is 1030. The minimum absolute atomic E-state index is 0.0950. The zero-order valence-corrected chi connectivity index (χ0v) is 25.4. The minimum atomic E-state index is -1.42. The van der Waals surface area contributed by atoms with Crippen LogP contribution in [0.15, 0.2) is 16.6 Å². The molecule has 4 aliphatic carbocycles. The van der Waals surface area contributed by atoms with Gasteiger partial charge in [0.05, 0.1) is 18.8 Å². The van der Waals surface area contributed by atoms with Gasteiger partial charge in [0.15, 0.2) is 6.29 Å². The first-order chi connectivity index (χ1) is 19.5. The zero-order chi connectivity index (χ0) is 29.3. The SMILES string of the molecule is C[C@H]1CCC([C@@H](C)[C@H]2[C@H](O)C[C@H]3[C@@H]4CC=C5C[C@@H](O[C@@H]6O[C@H](CO)[C@@H](O)[C@H](O)[C@H]6O)CC[C@]5(C)[C@H]4CC[C@]23C)=NC1. The predicted octanol–water partition coefficient (Wildman–Crippen LogP) is 3.23. The third-order valence-electron chi connectivity index (χ3n) is 12.9. The third kappa shape index (κ3) is 4.98.